The molecule has 2 rings (SSSR count). The summed E-state index contributed by atoms with van der Waals surface area (Å²) in [6.07, 6.45) is 9.84. The summed E-state index contributed by atoms with van der Waals surface area (Å²) in [6, 6.07) is 0. The average molecular weight is 369 g/mol. The van der Waals surface area contributed by atoms with Gasteiger partial charge in [0.25, 0.3) is 0 Å². The summed E-state index contributed by atoms with van der Waals surface area (Å²) >= 11 is 0. The molecule has 0 bridgehead atoms. The minimum atomic E-state index is -0.00405. The lowest BCUT2D eigenvalue weighted by atomic mass is 10.0. The van der Waals surface area contributed by atoms with Gasteiger partial charge in [0.2, 0.25) is 5.91 Å². The predicted molar refractivity (Wildman–Crippen MR) is 103 cm³/mol. The Hall–Kier alpha value is -1.34. The van der Waals surface area contributed by atoms with E-state index in [9.17, 15) is 4.79 Å². The van der Waals surface area contributed by atoms with Crippen LogP contribution in [-0.2, 0) is 14.3 Å². The number of rotatable bonds is 8. The molecule has 0 spiro atoms. The Bertz CT molecular complexity index is 431. The van der Waals surface area contributed by atoms with Crippen molar-refractivity contribution >= 4 is 11.9 Å². The number of carbonyl (C=O) groups is 1. The third-order valence-corrected chi connectivity index (χ3v) is 4.91. The number of amides is 1. The molecule has 7 nitrogen and oxygen atoms in total. The highest BCUT2D eigenvalue weighted by Gasteiger charge is 2.15. The lowest BCUT2D eigenvalue weighted by molar-refractivity contribution is -0.127. The highest BCUT2D eigenvalue weighted by atomic mass is 16.5. The fraction of sp³-hybridized carbons (Fsp3) is 0.895. The van der Waals surface area contributed by atoms with Crippen LogP contribution in [-0.4, -0.2) is 75.9 Å². The van der Waals surface area contributed by atoms with Gasteiger partial charge in [-0.25, -0.2) is 4.99 Å². The third-order valence-electron chi connectivity index (χ3n) is 4.91. The van der Waals surface area contributed by atoms with Crippen LogP contribution >= 0.6 is 0 Å². The lowest BCUT2D eigenvalue weighted by Crippen LogP contribution is -2.43. The van der Waals surface area contributed by atoms with Crippen LogP contribution < -0.4 is 10.6 Å². The summed E-state index contributed by atoms with van der Waals surface area (Å²) in [4.78, 5) is 17.8. The standard InChI is InChI=1S/C19H36N4O3/c1-23(2)18(24)15-22-19(21-14-17-9-4-6-13-26-17)20-11-7-10-16-8-3-5-12-25-16/h16-17H,3-15H2,1-2H3,(H2,20,21,22). The summed E-state index contributed by atoms with van der Waals surface area (Å²) in [5, 5.41) is 6.68. The molecule has 0 saturated carbocycles. The first-order chi connectivity index (χ1) is 12.6. The van der Waals surface area contributed by atoms with Crippen LogP contribution in [0.4, 0.5) is 0 Å². The van der Waals surface area contributed by atoms with Gasteiger partial charge in [-0.1, -0.05) is 0 Å². The minimum absolute atomic E-state index is 0.00405. The van der Waals surface area contributed by atoms with E-state index in [0.29, 0.717) is 12.1 Å². The second-order valence-electron chi connectivity index (χ2n) is 7.38. The SMILES string of the molecule is CN(C)C(=O)CN=C(NCCCC1CCCCO1)NCC1CCCCO1. The van der Waals surface area contributed by atoms with Crippen LogP contribution in [0.2, 0.25) is 0 Å². The van der Waals surface area contributed by atoms with E-state index in [4.69, 9.17) is 9.47 Å². The summed E-state index contributed by atoms with van der Waals surface area (Å²) in [5.74, 6) is 0.689. The van der Waals surface area contributed by atoms with E-state index in [1.165, 1.54) is 25.7 Å². The molecule has 2 atom stereocenters. The quantitative estimate of drug-likeness (QED) is 0.386. The number of ether oxygens (including phenoxy) is 2. The highest BCUT2D eigenvalue weighted by Crippen LogP contribution is 2.16. The maximum absolute atomic E-state index is 11.8. The number of guanidine groups is 1. The second kappa shape index (κ2) is 12.1. The van der Waals surface area contributed by atoms with E-state index in [-0.39, 0.29) is 18.6 Å². The molecule has 2 aliphatic rings. The van der Waals surface area contributed by atoms with E-state index >= 15 is 0 Å². The number of nitrogens with one attached hydrogen (secondary N) is 2. The lowest BCUT2D eigenvalue weighted by Gasteiger charge is -2.24. The van der Waals surface area contributed by atoms with E-state index in [2.05, 4.69) is 15.6 Å². The number of hydrogen-bond acceptors (Lipinski definition) is 4. The zero-order valence-electron chi connectivity index (χ0n) is 16.5. The molecule has 0 radical (unpaired) electrons. The van der Waals surface area contributed by atoms with Crippen LogP contribution in [0, 0.1) is 0 Å². The maximum Gasteiger partial charge on any atom is 0.243 e. The molecule has 150 valence electrons. The molecular weight excluding hydrogens is 332 g/mol. The normalized spacial score (nSPS) is 24.2. The van der Waals surface area contributed by atoms with Crippen molar-refractivity contribution in [1.29, 1.82) is 0 Å². The Morgan fingerprint density at radius 3 is 2.35 bits per heavy atom. The van der Waals surface area contributed by atoms with Gasteiger partial charge >= 0.3 is 0 Å². The van der Waals surface area contributed by atoms with E-state index in [1.54, 1.807) is 19.0 Å². The van der Waals surface area contributed by atoms with Crippen molar-refractivity contribution in [2.75, 3.05) is 46.9 Å². The molecule has 0 aromatic heterocycles. The van der Waals surface area contributed by atoms with Crippen molar-refractivity contribution in [2.45, 2.75) is 63.6 Å². The molecule has 2 fully saturated rings. The maximum atomic E-state index is 11.8. The Morgan fingerprint density at radius 2 is 1.73 bits per heavy atom. The molecule has 2 N–H and O–H groups in total. The van der Waals surface area contributed by atoms with Crippen LogP contribution in [0.1, 0.15) is 51.4 Å². The zero-order valence-corrected chi connectivity index (χ0v) is 16.5. The summed E-state index contributed by atoms with van der Waals surface area (Å²) < 4.78 is 11.5. The summed E-state index contributed by atoms with van der Waals surface area (Å²) in [5.41, 5.74) is 0. The fourth-order valence-corrected chi connectivity index (χ4v) is 3.21. The van der Waals surface area contributed by atoms with E-state index in [0.717, 1.165) is 52.0 Å². The van der Waals surface area contributed by atoms with E-state index < -0.39 is 0 Å². The van der Waals surface area contributed by atoms with Gasteiger partial charge in [0, 0.05) is 40.4 Å². The van der Waals surface area contributed by atoms with Crippen molar-refractivity contribution < 1.29 is 14.3 Å². The zero-order chi connectivity index (χ0) is 18.6. The van der Waals surface area contributed by atoms with Gasteiger partial charge in [0.05, 0.1) is 12.2 Å². The first kappa shape index (κ1) is 21.0. The van der Waals surface area contributed by atoms with Gasteiger partial charge in [0.15, 0.2) is 5.96 Å². The Kier molecular flexibility index (Phi) is 9.77. The van der Waals surface area contributed by atoms with Crippen molar-refractivity contribution in [3.63, 3.8) is 0 Å². The van der Waals surface area contributed by atoms with Crippen LogP contribution in [0.3, 0.4) is 0 Å². The molecule has 2 aliphatic heterocycles. The molecule has 2 unspecified atom stereocenters. The van der Waals surface area contributed by atoms with Gasteiger partial charge in [0.1, 0.15) is 6.54 Å². The van der Waals surface area contributed by atoms with E-state index in [1.807, 2.05) is 0 Å². The number of hydrogen-bond donors (Lipinski definition) is 2. The first-order valence-corrected chi connectivity index (χ1v) is 10.1. The fourth-order valence-electron chi connectivity index (χ4n) is 3.21. The molecule has 7 heteroatoms. The molecule has 0 aliphatic carbocycles. The molecule has 26 heavy (non-hydrogen) atoms. The summed E-state index contributed by atoms with van der Waals surface area (Å²) in [7, 11) is 3.50. The molecule has 2 saturated heterocycles. The Balaban J connectivity index is 1.73. The average Bonchev–Trinajstić information content (AvgIpc) is 2.67. The van der Waals surface area contributed by atoms with Crippen LogP contribution in [0.5, 0.6) is 0 Å². The first-order valence-electron chi connectivity index (χ1n) is 10.1. The third kappa shape index (κ3) is 8.36. The van der Waals surface area contributed by atoms with Crippen LogP contribution in [0.15, 0.2) is 4.99 Å². The molecular formula is C19H36N4O3. The van der Waals surface area contributed by atoms with Gasteiger partial charge < -0.3 is 25.0 Å². The topological polar surface area (TPSA) is 75.2 Å². The predicted octanol–water partition coefficient (Wildman–Crippen LogP) is 1.53. The smallest absolute Gasteiger partial charge is 0.243 e. The Labute approximate surface area is 157 Å². The van der Waals surface area contributed by atoms with Gasteiger partial charge in [-0.15, -0.1) is 0 Å². The largest absolute Gasteiger partial charge is 0.378 e. The van der Waals surface area contributed by atoms with Crippen molar-refractivity contribution in [3.05, 3.63) is 0 Å². The molecule has 1 amide bonds. The number of carbonyl (C=O) groups excluding carboxylic acids is 1. The van der Waals surface area contributed by atoms with Gasteiger partial charge in [-0.2, -0.15) is 0 Å². The Morgan fingerprint density at radius 1 is 1.04 bits per heavy atom. The number of aliphatic imine (C=N–C) groups is 1. The molecule has 0 aromatic rings. The van der Waals surface area contributed by atoms with Crippen molar-refractivity contribution in [3.8, 4) is 0 Å². The summed E-state index contributed by atoms with van der Waals surface area (Å²) in [6.45, 7) is 3.45. The highest BCUT2D eigenvalue weighted by molar-refractivity contribution is 5.84. The van der Waals surface area contributed by atoms with Crippen molar-refractivity contribution in [1.82, 2.24) is 15.5 Å². The number of likely N-dealkylation sites (N-methyl/N-ethyl adjacent to an activating group) is 1. The second-order valence-corrected chi connectivity index (χ2v) is 7.38. The monoisotopic (exact) mass is 368 g/mol. The van der Waals surface area contributed by atoms with Crippen LogP contribution in [0.25, 0.3) is 0 Å². The van der Waals surface area contributed by atoms with Crippen molar-refractivity contribution in [2.24, 2.45) is 4.99 Å². The molecule has 2 heterocycles. The van der Waals surface area contributed by atoms with Gasteiger partial charge in [-0.3, -0.25) is 4.79 Å². The van der Waals surface area contributed by atoms with Gasteiger partial charge in [-0.05, 0) is 51.4 Å². The number of nitrogens with zero attached hydrogens (tertiary/aromatic N) is 2. The minimum Gasteiger partial charge on any atom is -0.378 e. The molecule has 0 aromatic carbocycles.